The van der Waals surface area contributed by atoms with Gasteiger partial charge in [-0.05, 0) is 6.26 Å². The minimum Gasteiger partial charge on any atom is -0.396 e. The van der Waals surface area contributed by atoms with E-state index in [-0.39, 0.29) is 0 Å². The smallest absolute Gasteiger partial charge is 0.0484 e. The van der Waals surface area contributed by atoms with Crippen molar-refractivity contribution in [2.45, 2.75) is 0 Å². The van der Waals surface area contributed by atoms with Crippen molar-refractivity contribution >= 4 is 11.9 Å². The molecule has 1 fully saturated rings. The van der Waals surface area contributed by atoms with Crippen molar-refractivity contribution in [2.75, 3.05) is 26.0 Å². The maximum absolute atomic E-state index is 8.56. The van der Waals surface area contributed by atoms with E-state index in [1.807, 2.05) is 0 Å². The second kappa shape index (κ2) is 2.71. The monoisotopic (exact) mass is 133 g/mol. The highest BCUT2D eigenvalue weighted by molar-refractivity contribution is 7.96. The van der Waals surface area contributed by atoms with Crippen LogP contribution in [0.25, 0.3) is 0 Å². The van der Waals surface area contributed by atoms with Crippen molar-refractivity contribution in [3.05, 3.63) is 0 Å². The summed E-state index contributed by atoms with van der Waals surface area (Å²) in [6, 6.07) is 0. The van der Waals surface area contributed by atoms with Gasteiger partial charge in [-0.15, -0.1) is 0 Å². The minimum atomic E-state index is 0.358. The Bertz CT molecular complexity index is 64.8. The topological polar surface area (TPSA) is 23.5 Å². The Labute approximate surface area is 54.0 Å². The maximum atomic E-state index is 8.56. The predicted molar refractivity (Wildman–Crippen MR) is 35.7 cm³/mol. The largest absolute Gasteiger partial charge is 0.396 e. The van der Waals surface area contributed by atoms with Crippen LogP contribution in [-0.4, -0.2) is 35.4 Å². The SMILES string of the molecule is CSN1CC(CO)C1. The molecule has 0 aromatic rings. The van der Waals surface area contributed by atoms with Crippen LogP contribution in [0.15, 0.2) is 0 Å². The van der Waals surface area contributed by atoms with Gasteiger partial charge in [-0.1, -0.05) is 11.9 Å². The van der Waals surface area contributed by atoms with Gasteiger partial charge in [0.15, 0.2) is 0 Å². The molecular weight excluding hydrogens is 122 g/mol. The van der Waals surface area contributed by atoms with Crippen LogP contribution in [0.3, 0.4) is 0 Å². The average molecular weight is 133 g/mol. The number of hydrogen-bond acceptors (Lipinski definition) is 3. The van der Waals surface area contributed by atoms with Gasteiger partial charge in [0, 0.05) is 25.6 Å². The Morgan fingerprint density at radius 1 is 1.75 bits per heavy atom. The molecule has 3 heteroatoms. The standard InChI is InChI=1S/C5H11NOS/c1-8-6-2-5(3-6)4-7/h5,7H,2-4H2,1H3. The third-order valence-electron chi connectivity index (χ3n) is 1.44. The van der Waals surface area contributed by atoms with Gasteiger partial charge in [0.2, 0.25) is 0 Å². The molecule has 2 nitrogen and oxygen atoms in total. The zero-order valence-corrected chi connectivity index (χ0v) is 5.82. The zero-order valence-electron chi connectivity index (χ0n) is 5.00. The predicted octanol–water partition coefficient (Wildman–Crippen LogP) is 0.188. The van der Waals surface area contributed by atoms with Crippen LogP contribution in [-0.2, 0) is 0 Å². The van der Waals surface area contributed by atoms with Crippen LogP contribution in [0.1, 0.15) is 0 Å². The van der Waals surface area contributed by atoms with E-state index in [9.17, 15) is 0 Å². The third kappa shape index (κ3) is 1.16. The molecule has 0 aliphatic carbocycles. The molecule has 1 saturated heterocycles. The lowest BCUT2D eigenvalue weighted by molar-refractivity contribution is 0.126. The Hall–Kier alpha value is 0.270. The zero-order chi connectivity index (χ0) is 5.98. The highest BCUT2D eigenvalue weighted by Gasteiger charge is 2.24. The molecule has 0 unspecified atom stereocenters. The van der Waals surface area contributed by atoms with Crippen LogP contribution in [0, 0.1) is 5.92 Å². The number of aliphatic hydroxyl groups excluding tert-OH is 1. The van der Waals surface area contributed by atoms with Crippen molar-refractivity contribution in [1.29, 1.82) is 0 Å². The quantitative estimate of drug-likeness (QED) is 0.544. The maximum Gasteiger partial charge on any atom is 0.0484 e. The lowest BCUT2D eigenvalue weighted by Crippen LogP contribution is -2.43. The summed E-state index contributed by atoms with van der Waals surface area (Å²) in [6.45, 7) is 2.49. The molecular formula is C5H11NOS. The van der Waals surface area contributed by atoms with Crippen LogP contribution < -0.4 is 0 Å². The summed E-state index contributed by atoms with van der Waals surface area (Å²) in [5.74, 6) is 0.558. The van der Waals surface area contributed by atoms with Crippen molar-refractivity contribution in [3.8, 4) is 0 Å². The van der Waals surface area contributed by atoms with Crippen LogP contribution in [0.5, 0.6) is 0 Å². The molecule has 48 valence electrons. The fourth-order valence-electron chi connectivity index (χ4n) is 0.787. The summed E-state index contributed by atoms with van der Waals surface area (Å²) < 4.78 is 2.24. The lowest BCUT2D eigenvalue weighted by Gasteiger charge is -2.35. The third-order valence-corrected chi connectivity index (χ3v) is 2.25. The van der Waals surface area contributed by atoms with Crippen molar-refractivity contribution < 1.29 is 5.11 Å². The first kappa shape index (κ1) is 6.39. The first-order valence-electron chi connectivity index (χ1n) is 2.76. The van der Waals surface area contributed by atoms with Crippen molar-refractivity contribution in [2.24, 2.45) is 5.92 Å². The second-order valence-electron chi connectivity index (χ2n) is 2.08. The van der Waals surface area contributed by atoms with Gasteiger partial charge in [0.05, 0.1) is 0 Å². The Morgan fingerprint density at radius 2 is 2.38 bits per heavy atom. The van der Waals surface area contributed by atoms with E-state index < -0.39 is 0 Å². The molecule has 0 spiro atoms. The van der Waals surface area contributed by atoms with Gasteiger partial charge in [-0.3, -0.25) is 4.31 Å². The van der Waals surface area contributed by atoms with Gasteiger partial charge < -0.3 is 5.11 Å². The number of aliphatic hydroxyl groups is 1. The van der Waals surface area contributed by atoms with Gasteiger partial charge in [-0.25, -0.2) is 0 Å². The molecule has 0 aromatic carbocycles. The van der Waals surface area contributed by atoms with Gasteiger partial charge in [0.1, 0.15) is 0 Å². The van der Waals surface area contributed by atoms with E-state index in [2.05, 4.69) is 10.6 Å². The Morgan fingerprint density at radius 3 is 2.75 bits per heavy atom. The molecule has 1 N–H and O–H groups in total. The molecule has 1 aliphatic rings. The van der Waals surface area contributed by atoms with E-state index in [0.29, 0.717) is 12.5 Å². The molecule has 0 saturated carbocycles. The molecule has 8 heavy (non-hydrogen) atoms. The van der Waals surface area contributed by atoms with Crippen LogP contribution in [0.2, 0.25) is 0 Å². The van der Waals surface area contributed by atoms with Crippen molar-refractivity contribution in [3.63, 3.8) is 0 Å². The minimum absolute atomic E-state index is 0.358. The number of hydrogen-bond donors (Lipinski definition) is 1. The first-order chi connectivity index (χ1) is 3.86. The van der Waals surface area contributed by atoms with Crippen LogP contribution in [0.4, 0.5) is 0 Å². The van der Waals surface area contributed by atoms with Crippen molar-refractivity contribution in [1.82, 2.24) is 4.31 Å². The molecule has 0 aromatic heterocycles. The number of nitrogens with zero attached hydrogens (tertiary/aromatic N) is 1. The molecule has 0 amide bonds. The van der Waals surface area contributed by atoms with E-state index in [1.54, 1.807) is 11.9 Å². The number of rotatable bonds is 2. The summed E-state index contributed by atoms with van der Waals surface area (Å²) in [5.41, 5.74) is 0. The molecule has 1 heterocycles. The molecule has 0 bridgehead atoms. The fraction of sp³-hybridized carbons (Fsp3) is 1.00. The first-order valence-corrected chi connectivity index (χ1v) is 3.95. The van der Waals surface area contributed by atoms with E-state index in [1.165, 1.54) is 0 Å². The Kier molecular flexibility index (Phi) is 2.16. The summed E-state index contributed by atoms with van der Waals surface area (Å²) >= 11 is 1.75. The molecule has 1 rings (SSSR count). The van der Waals surface area contributed by atoms with Crippen LogP contribution >= 0.6 is 11.9 Å². The molecule has 0 radical (unpaired) electrons. The highest BCUT2D eigenvalue weighted by Crippen LogP contribution is 2.20. The summed E-state index contributed by atoms with van der Waals surface area (Å²) in [5, 5.41) is 8.56. The average Bonchev–Trinajstić information content (AvgIpc) is 1.65. The van der Waals surface area contributed by atoms with Gasteiger partial charge in [0.25, 0.3) is 0 Å². The van der Waals surface area contributed by atoms with E-state index in [4.69, 9.17) is 5.11 Å². The lowest BCUT2D eigenvalue weighted by atomic mass is 10.1. The van der Waals surface area contributed by atoms with Gasteiger partial charge in [-0.2, -0.15) is 0 Å². The molecule has 1 aliphatic heterocycles. The van der Waals surface area contributed by atoms with Gasteiger partial charge >= 0.3 is 0 Å². The molecule has 0 atom stereocenters. The second-order valence-corrected chi connectivity index (χ2v) is 2.96. The summed E-state index contributed by atoms with van der Waals surface area (Å²) in [4.78, 5) is 0. The highest BCUT2D eigenvalue weighted by atomic mass is 32.2. The normalized spacial score (nSPS) is 23.2. The summed E-state index contributed by atoms with van der Waals surface area (Å²) in [6.07, 6.45) is 2.06. The Balaban J connectivity index is 2.03. The van der Waals surface area contributed by atoms with E-state index in [0.717, 1.165) is 13.1 Å². The van der Waals surface area contributed by atoms with E-state index >= 15 is 0 Å². The fourth-order valence-corrected chi connectivity index (χ4v) is 1.51. The summed E-state index contributed by atoms with van der Waals surface area (Å²) in [7, 11) is 0.